The van der Waals surface area contributed by atoms with Crippen LogP contribution in [0.5, 0.6) is 11.5 Å². The third kappa shape index (κ3) is 6.67. The van der Waals surface area contributed by atoms with Gasteiger partial charge in [-0.15, -0.1) is 12.4 Å². The van der Waals surface area contributed by atoms with Crippen molar-refractivity contribution in [1.82, 2.24) is 10.6 Å². The Hall–Kier alpha value is -1.46. The van der Waals surface area contributed by atoms with Crippen molar-refractivity contribution in [2.45, 2.75) is 26.2 Å². The van der Waals surface area contributed by atoms with Crippen LogP contribution in [0.3, 0.4) is 0 Å². The minimum Gasteiger partial charge on any atom is -0.497 e. The second-order valence-electron chi connectivity index (χ2n) is 6.11. The Kier molecular flexibility index (Phi) is 8.20. The number of nitrogens with one attached hydrogen (secondary N) is 2. The lowest BCUT2D eigenvalue weighted by Crippen LogP contribution is -2.43. The van der Waals surface area contributed by atoms with Gasteiger partial charge in [-0.3, -0.25) is 4.79 Å². The van der Waals surface area contributed by atoms with Gasteiger partial charge in [-0.2, -0.15) is 0 Å². The van der Waals surface area contributed by atoms with Crippen LogP contribution < -0.4 is 20.1 Å². The summed E-state index contributed by atoms with van der Waals surface area (Å²) < 4.78 is 10.7. The first-order valence-electron chi connectivity index (χ1n) is 7.86. The van der Waals surface area contributed by atoms with Gasteiger partial charge in [0.15, 0.2) is 0 Å². The summed E-state index contributed by atoms with van der Waals surface area (Å²) in [5, 5.41) is 6.38. The van der Waals surface area contributed by atoms with Crippen LogP contribution in [-0.2, 0) is 4.79 Å². The number of hydrogen-bond donors (Lipinski definition) is 2. The molecule has 0 atom stereocenters. The first kappa shape index (κ1) is 19.6. The third-order valence-electron chi connectivity index (χ3n) is 4.18. The molecule has 1 aromatic rings. The molecule has 1 aliphatic heterocycles. The molecule has 6 heteroatoms. The van der Waals surface area contributed by atoms with E-state index in [1.54, 1.807) is 7.11 Å². The molecule has 0 unspecified atom stereocenters. The number of rotatable bonds is 7. The van der Waals surface area contributed by atoms with Crippen LogP contribution in [0, 0.1) is 5.41 Å². The first-order chi connectivity index (χ1) is 10.6. The Balaban J connectivity index is 0.00000264. The normalized spacial score (nSPS) is 16.1. The molecule has 1 aromatic carbocycles. The smallest absolute Gasteiger partial charge is 0.223 e. The topological polar surface area (TPSA) is 59.6 Å². The van der Waals surface area contributed by atoms with Crippen LogP contribution in [-0.4, -0.2) is 39.3 Å². The second kappa shape index (κ2) is 9.63. The summed E-state index contributed by atoms with van der Waals surface area (Å²) >= 11 is 0. The first-order valence-corrected chi connectivity index (χ1v) is 7.86. The molecule has 1 amide bonds. The zero-order chi connectivity index (χ0) is 15.8. The van der Waals surface area contributed by atoms with Gasteiger partial charge in [0.25, 0.3) is 0 Å². The maximum Gasteiger partial charge on any atom is 0.223 e. The molecule has 130 valence electrons. The minimum absolute atomic E-state index is 0. The van der Waals surface area contributed by atoms with Crippen molar-refractivity contribution in [2.24, 2.45) is 5.41 Å². The Bertz CT molecular complexity index is 473. The SMILES string of the molecule is COc1ccc(OCCC(=O)NCC2(C)CCNCC2)cc1.Cl. The van der Waals surface area contributed by atoms with Crippen LogP contribution in [0.25, 0.3) is 0 Å². The fraction of sp³-hybridized carbons (Fsp3) is 0.588. The molecule has 1 aliphatic rings. The third-order valence-corrected chi connectivity index (χ3v) is 4.18. The number of carbonyl (C=O) groups is 1. The number of benzene rings is 1. The molecule has 2 rings (SSSR count). The maximum atomic E-state index is 11.9. The molecule has 1 heterocycles. The standard InChI is InChI=1S/C17H26N2O3.ClH/c1-17(8-10-18-11-9-17)13-19-16(20)7-12-22-15-5-3-14(21-2)4-6-15;/h3-6,18H,7-13H2,1-2H3,(H,19,20);1H. The quantitative estimate of drug-likeness (QED) is 0.798. The fourth-order valence-corrected chi connectivity index (χ4v) is 2.54. The summed E-state index contributed by atoms with van der Waals surface area (Å²) in [6, 6.07) is 7.36. The van der Waals surface area contributed by atoms with Crippen molar-refractivity contribution in [1.29, 1.82) is 0 Å². The van der Waals surface area contributed by atoms with Gasteiger partial charge in [0.05, 0.1) is 20.1 Å². The lowest BCUT2D eigenvalue weighted by Gasteiger charge is -2.34. The predicted molar refractivity (Wildman–Crippen MR) is 93.6 cm³/mol. The van der Waals surface area contributed by atoms with E-state index >= 15 is 0 Å². The summed E-state index contributed by atoms with van der Waals surface area (Å²) in [5.41, 5.74) is 0.220. The van der Waals surface area contributed by atoms with Crippen LogP contribution >= 0.6 is 12.4 Å². The van der Waals surface area contributed by atoms with Crippen LogP contribution in [0.4, 0.5) is 0 Å². The highest BCUT2D eigenvalue weighted by Crippen LogP contribution is 2.26. The highest BCUT2D eigenvalue weighted by Gasteiger charge is 2.26. The van der Waals surface area contributed by atoms with E-state index in [-0.39, 0.29) is 23.7 Å². The molecule has 2 N–H and O–H groups in total. The van der Waals surface area contributed by atoms with E-state index in [0.29, 0.717) is 13.0 Å². The maximum absolute atomic E-state index is 11.9. The molecule has 0 bridgehead atoms. The molecule has 0 spiro atoms. The lowest BCUT2D eigenvalue weighted by atomic mass is 9.81. The van der Waals surface area contributed by atoms with Crippen molar-refractivity contribution < 1.29 is 14.3 Å². The monoisotopic (exact) mass is 342 g/mol. The molecule has 0 saturated carbocycles. The number of ether oxygens (including phenoxy) is 2. The molecule has 0 aromatic heterocycles. The summed E-state index contributed by atoms with van der Waals surface area (Å²) in [4.78, 5) is 11.9. The summed E-state index contributed by atoms with van der Waals surface area (Å²) in [6.45, 7) is 5.44. The Morgan fingerprint density at radius 1 is 1.22 bits per heavy atom. The predicted octanol–water partition coefficient (Wildman–Crippen LogP) is 2.39. The van der Waals surface area contributed by atoms with E-state index in [0.717, 1.165) is 44.0 Å². The Morgan fingerprint density at radius 3 is 2.43 bits per heavy atom. The number of piperidine rings is 1. The number of carbonyl (C=O) groups excluding carboxylic acids is 1. The van der Waals surface area contributed by atoms with Gasteiger partial charge < -0.3 is 20.1 Å². The van der Waals surface area contributed by atoms with Gasteiger partial charge in [0.2, 0.25) is 5.91 Å². The average Bonchev–Trinajstić information content (AvgIpc) is 2.54. The minimum atomic E-state index is 0. The zero-order valence-corrected chi connectivity index (χ0v) is 14.7. The number of amides is 1. The molecule has 1 saturated heterocycles. The highest BCUT2D eigenvalue weighted by atomic mass is 35.5. The fourth-order valence-electron chi connectivity index (χ4n) is 2.54. The van der Waals surface area contributed by atoms with Crippen molar-refractivity contribution >= 4 is 18.3 Å². The second-order valence-corrected chi connectivity index (χ2v) is 6.11. The Labute approximate surface area is 144 Å². The van der Waals surface area contributed by atoms with Crippen molar-refractivity contribution in [3.05, 3.63) is 24.3 Å². The average molecular weight is 343 g/mol. The molecule has 1 fully saturated rings. The molecular formula is C17H27ClN2O3. The van der Waals surface area contributed by atoms with Gasteiger partial charge in [0, 0.05) is 6.54 Å². The van der Waals surface area contributed by atoms with Gasteiger partial charge in [-0.25, -0.2) is 0 Å². The van der Waals surface area contributed by atoms with Gasteiger partial charge in [-0.05, 0) is 55.6 Å². The van der Waals surface area contributed by atoms with Crippen molar-refractivity contribution in [3.8, 4) is 11.5 Å². The van der Waals surface area contributed by atoms with Crippen molar-refractivity contribution in [3.63, 3.8) is 0 Å². The van der Waals surface area contributed by atoms with E-state index in [2.05, 4.69) is 17.6 Å². The van der Waals surface area contributed by atoms with Crippen LogP contribution in [0.15, 0.2) is 24.3 Å². The molecular weight excluding hydrogens is 316 g/mol. The van der Waals surface area contributed by atoms with Gasteiger partial charge >= 0.3 is 0 Å². The number of methoxy groups -OCH3 is 1. The Morgan fingerprint density at radius 2 is 1.83 bits per heavy atom. The van der Waals surface area contributed by atoms with E-state index in [1.165, 1.54) is 0 Å². The van der Waals surface area contributed by atoms with Crippen LogP contribution in [0.2, 0.25) is 0 Å². The van der Waals surface area contributed by atoms with E-state index in [1.807, 2.05) is 24.3 Å². The summed E-state index contributed by atoms with van der Waals surface area (Å²) in [5.74, 6) is 1.59. The van der Waals surface area contributed by atoms with E-state index in [9.17, 15) is 4.79 Å². The van der Waals surface area contributed by atoms with E-state index in [4.69, 9.17) is 9.47 Å². The molecule has 5 nitrogen and oxygen atoms in total. The number of halogens is 1. The summed E-state index contributed by atoms with van der Waals surface area (Å²) in [7, 11) is 1.63. The zero-order valence-electron chi connectivity index (χ0n) is 13.9. The largest absolute Gasteiger partial charge is 0.497 e. The van der Waals surface area contributed by atoms with E-state index < -0.39 is 0 Å². The lowest BCUT2D eigenvalue weighted by molar-refractivity contribution is -0.122. The highest BCUT2D eigenvalue weighted by molar-refractivity contribution is 5.85. The molecule has 0 aliphatic carbocycles. The molecule has 23 heavy (non-hydrogen) atoms. The van der Waals surface area contributed by atoms with Crippen LogP contribution in [0.1, 0.15) is 26.2 Å². The van der Waals surface area contributed by atoms with Gasteiger partial charge in [0.1, 0.15) is 11.5 Å². The molecule has 0 radical (unpaired) electrons. The number of hydrogen-bond acceptors (Lipinski definition) is 4. The van der Waals surface area contributed by atoms with Gasteiger partial charge in [-0.1, -0.05) is 6.92 Å². The summed E-state index contributed by atoms with van der Waals surface area (Å²) in [6.07, 6.45) is 2.59. The van der Waals surface area contributed by atoms with Crippen molar-refractivity contribution in [2.75, 3.05) is 33.4 Å².